The van der Waals surface area contributed by atoms with Crippen LogP contribution in [0.15, 0.2) is 59.7 Å². The molecule has 0 unspecified atom stereocenters. The lowest BCUT2D eigenvalue weighted by molar-refractivity contribution is -0.116. The largest absolute Gasteiger partial charge is 0.322 e. The maximum atomic E-state index is 13.7. The van der Waals surface area contributed by atoms with E-state index in [0.717, 1.165) is 22.3 Å². The van der Waals surface area contributed by atoms with Crippen LogP contribution < -0.4 is 10.9 Å². The van der Waals surface area contributed by atoms with E-state index in [4.69, 9.17) is 0 Å². The van der Waals surface area contributed by atoms with Gasteiger partial charge in [-0.15, -0.1) is 5.10 Å². The van der Waals surface area contributed by atoms with Gasteiger partial charge in [-0.25, -0.2) is 18.4 Å². The number of benzene rings is 2. The van der Waals surface area contributed by atoms with Gasteiger partial charge in [0.05, 0.1) is 12.2 Å². The van der Waals surface area contributed by atoms with Crippen molar-refractivity contribution in [3.05, 3.63) is 82.4 Å². The first kappa shape index (κ1) is 18.4. The number of hydrogen-bond donors (Lipinski definition) is 1. The lowest BCUT2D eigenvalue weighted by Crippen LogP contribution is -2.28. The summed E-state index contributed by atoms with van der Waals surface area (Å²) >= 11 is 0. The number of fused-ring (bicyclic) bond motifs is 1. The Labute approximate surface area is 162 Å². The highest BCUT2D eigenvalue weighted by atomic mass is 19.1. The number of halogens is 2. The lowest BCUT2D eigenvalue weighted by atomic mass is 10.2. The SMILES string of the molecule is O=C(Cn1cnc2c(nnn2Cc2ccccc2)c1=O)Nc1ccc(F)cc1F. The number of nitrogens with one attached hydrogen (secondary N) is 1. The zero-order valence-corrected chi connectivity index (χ0v) is 14.9. The summed E-state index contributed by atoms with van der Waals surface area (Å²) in [6, 6.07) is 12.3. The van der Waals surface area contributed by atoms with Gasteiger partial charge in [-0.1, -0.05) is 35.5 Å². The van der Waals surface area contributed by atoms with E-state index >= 15 is 0 Å². The van der Waals surface area contributed by atoms with E-state index in [9.17, 15) is 18.4 Å². The summed E-state index contributed by atoms with van der Waals surface area (Å²) in [4.78, 5) is 28.9. The van der Waals surface area contributed by atoms with Crippen LogP contribution in [0.1, 0.15) is 5.56 Å². The Morgan fingerprint density at radius 3 is 2.66 bits per heavy atom. The molecule has 1 amide bonds. The molecule has 146 valence electrons. The summed E-state index contributed by atoms with van der Waals surface area (Å²) < 4.78 is 29.1. The number of amides is 1. The molecule has 1 N–H and O–H groups in total. The predicted octanol–water partition coefficient (Wildman–Crippen LogP) is 1.95. The molecule has 10 heteroatoms. The maximum absolute atomic E-state index is 13.7. The summed E-state index contributed by atoms with van der Waals surface area (Å²) in [5, 5.41) is 10.1. The van der Waals surface area contributed by atoms with Gasteiger partial charge in [0.15, 0.2) is 11.2 Å². The molecule has 0 fully saturated rings. The second-order valence-corrected chi connectivity index (χ2v) is 6.25. The fourth-order valence-electron chi connectivity index (χ4n) is 2.80. The van der Waals surface area contributed by atoms with E-state index in [-0.39, 0.29) is 11.2 Å². The van der Waals surface area contributed by atoms with E-state index in [1.807, 2.05) is 30.3 Å². The van der Waals surface area contributed by atoms with Crippen molar-refractivity contribution in [2.75, 3.05) is 5.32 Å². The Morgan fingerprint density at radius 1 is 1.10 bits per heavy atom. The van der Waals surface area contributed by atoms with Crippen LogP contribution in [0.2, 0.25) is 0 Å². The highest BCUT2D eigenvalue weighted by Gasteiger charge is 2.15. The summed E-state index contributed by atoms with van der Waals surface area (Å²) in [5.74, 6) is -2.34. The molecule has 0 atom stereocenters. The lowest BCUT2D eigenvalue weighted by Gasteiger charge is -2.08. The average Bonchev–Trinajstić information content (AvgIpc) is 3.10. The number of carbonyl (C=O) groups excluding carboxylic acids is 1. The Hall–Kier alpha value is -3.95. The Kier molecular flexibility index (Phi) is 4.82. The van der Waals surface area contributed by atoms with Crippen LogP contribution in [0, 0.1) is 11.6 Å². The molecule has 0 radical (unpaired) electrons. The Morgan fingerprint density at radius 2 is 1.90 bits per heavy atom. The molecule has 8 nitrogen and oxygen atoms in total. The molecule has 0 aliphatic heterocycles. The third kappa shape index (κ3) is 3.86. The van der Waals surface area contributed by atoms with Gasteiger partial charge in [0.2, 0.25) is 5.91 Å². The van der Waals surface area contributed by atoms with Gasteiger partial charge in [-0.2, -0.15) is 0 Å². The zero-order valence-electron chi connectivity index (χ0n) is 14.9. The standard InChI is InChI=1S/C19H14F2N6O2/c20-13-6-7-15(14(21)8-13)23-16(28)10-26-11-22-18-17(19(26)29)24-25-27(18)9-12-4-2-1-3-5-12/h1-8,11H,9-10H2,(H,23,28). The summed E-state index contributed by atoms with van der Waals surface area (Å²) in [7, 11) is 0. The summed E-state index contributed by atoms with van der Waals surface area (Å²) in [5.41, 5.74) is 0.534. The van der Waals surface area contributed by atoms with Crippen LogP contribution in [-0.4, -0.2) is 30.5 Å². The van der Waals surface area contributed by atoms with Crippen molar-refractivity contribution in [2.45, 2.75) is 13.1 Å². The second-order valence-electron chi connectivity index (χ2n) is 6.25. The molecule has 0 aliphatic carbocycles. The number of carbonyl (C=O) groups is 1. The van der Waals surface area contributed by atoms with Crippen LogP contribution in [0.3, 0.4) is 0 Å². The second kappa shape index (κ2) is 7.58. The molecule has 0 saturated carbocycles. The van der Waals surface area contributed by atoms with Gasteiger partial charge >= 0.3 is 0 Å². The first-order chi connectivity index (χ1) is 14.0. The van der Waals surface area contributed by atoms with Crippen molar-refractivity contribution in [1.82, 2.24) is 24.5 Å². The molecule has 0 aliphatic rings. The van der Waals surface area contributed by atoms with Gasteiger partial charge in [0.25, 0.3) is 5.56 Å². The first-order valence-corrected chi connectivity index (χ1v) is 8.59. The van der Waals surface area contributed by atoms with Gasteiger partial charge in [-0.3, -0.25) is 14.2 Å². The molecule has 0 spiro atoms. The van der Waals surface area contributed by atoms with Crippen LogP contribution in [0.4, 0.5) is 14.5 Å². The molecule has 2 aromatic heterocycles. The number of rotatable bonds is 5. The summed E-state index contributed by atoms with van der Waals surface area (Å²) in [6.45, 7) is -0.0255. The first-order valence-electron chi connectivity index (χ1n) is 8.59. The highest BCUT2D eigenvalue weighted by molar-refractivity contribution is 5.90. The monoisotopic (exact) mass is 396 g/mol. The van der Waals surface area contributed by atoms with Crippen molar-refractivity contribution in [3.63, 3.8) is 0 Å². The molecular weight excluding hydrogens is 382 g/mol. The smallest absolute Gasteiger partial charge is 0.283 e. The van der Waals surface area contributed by atoms with E-state index in [1.54, 1.807) is 0 Å². The minimum absolute atomic E-state index is 0.0178. The van der Waals surface area contributed by atoms with Crippen molar-refractivity contribution in [2.24, 2.45) is 0 Å². The van der Waals surface area contributed by atoms with Crippen LogP contribution >= 0.6 is 0 Å². The van der Waals surface area contributed by atoms with Crippen molar-refractivity contribution in [1.29, 1.82) is 0 Å². The summed E-state index contributed by atoms with van der Waals surface area (Å²) in [6.07, 6.45) is 1.20. The van der Waals surface area contributed by atoms with Gasteiger partial charge in [0.1, 0.15) is 24.5 Å². The molecule has 2 aromatic carbocycles. The van der Waals surface area contributed by atoms with Gasteiger partial charge in [0, 0.05) is 6.07 Å². The van der Waals surface area contributed by atoms with Gasteiger partial charge < -0.3 is 5.32 Å². The van der Waals surface area contributed by atoms with Crippen molar-refractivity contribution in [3.8, 4) is 0 Å². The van der Waals surface area contributed by atoms with E-state index < -0.39 is 29.6 Å². The molecule has 4 aromatic rings. The number of hydrogen-bond acceptors (Lipinski definition) is 5. The quantitative estimate of drug-likeness (QED) is 0.557. The van der Waals surface area contributed by atoms with Crippen LogP contribution in [-0.2, 0) is 17.9 Å². The van der Waals surface area contributed by atoms with Crippen LogP contribution in [0.5, 0.6) is 0 Å². The predicted molar refractivity (Wildman–Crippen MR) is 100 cm³/mol. The minimum Gasteiger partial charge on any atom is -0.322 e. The van der Waals surface area contributed by atoms with E-state index in [0.29, 0.717) is 18.3 Å². The molecule has 2 heterocycles. The molecule has 0 bridgehead atoms. The Balaban J connectivity index is 1.55. The third-order valence-corrected chi connectivity index (χ3v) is 4.19. The number of anilines is 1. The van der Waals surface area contributed by atoms with E-state index in [2.05, 4.69) is 20.6 Å². The number of nitrogens with zero attached hydrogens (tertiary/aromatic N) is 5. The topological polar surface area (TPSA) is 94.7 Å². The zero-order chi connectivity index (χ0) is 20.4. The normalized spacial score (nSPS) is 11.0. The third-order valence-electron chi connectivity index (χ3n) is 4.19. The van der Waals surface area contributed by atoms with Crippen molar-refractivity contribution >= 4 is 22.8 Å². The van der Waals surface area contributed by atoms with Crippen molar-refractivity contribution < 1.29 is 13.6 Å². The fourth-order valence-corrected chi connectivity index (χ4v) is 2.80. The van der Waals surface area contributed by atoms with Crippen LogP contribution in [0.25, 0.3) is 11.2 Å². The molecular formula is C19H14F2N6O2. The highest BCUT2D eigenvalue weighted by Crippen LogP contribution is 2.15. The molecule has 4 rings (SSSR count). The van der Waals surface area contributed by atoms with Gasteiger partial charge in [-0.05, 0) is 17.7 Å². The number of aromatic nitrogens is 5. The molecule has 29 heavy (non-hydrogen) atoms. The Bertz CT molecular complexity index is 1250. The molecule has 0 saturated heterocycles. The maximum Gasteiger partial charge on any atom is 0.283 e. The van der Waals surface area contributed by atoms with E-state index in [1.165, 1.54) is 11.0 Å². The minimum atomic E-state index is -0.914. The fraction of sp³-hybridized carbons (Fsp3) is 0.105. The average molecular weight is 396 g/mol.